The van der Waals surface area contributed by atoms with E-state index < -0.39 is 46.8 Å². The lowest BCUT2D eigenvalue weighted by molar-refractivity contribution is -0.154. The molecule has 2 fully saturated rings. The Balaban J connectivity index is 2.17. The number of allylic oxidation sites excluding steroid dienone is 1. The van der Waals surface area contributed by atoms with Crippen LogP contribution in [0.1, 0.15) is 20.3 Å². The van der Waals surface area contributed by atoms with Gasteiger partial charge in [-0.3, -0.25) is 14.4 Å². The molecule has 2 aliphatic carbocycles. The lowest BCUT2D eigenvalue weighted by atomic mass is 9.48. The van der Waals surface area contributed by atoms with Gasteiger partial charge in [0, 0.05) is 17.3 Å². The average molecular weight is 320 g/mol. The Hall–Kier alpha value is -1.95. The SMILES string of the molecule is C=C1C(CC(=O)OC)[C@@]2(C)C(=O)C=C[C@@]3(C)C(=O)O[C@@H]([C@H]1O)[C@@H]32. The number of carbonyl (C=O) groups excluding carboxylic acids is 3. The molecule has 1 unspecified atom stereocenters. The normalized spacial score (nSPS) is 44.8. The molecule has 0 aromatic carbocycles. The minimum atomic E-state index is -1.10. The van der Waals surface area contributed by atoms with E-state index in [0.29, 0.717) is 5.57 Å². The van der Waals surface area contributed by atoms with Gasteiger partial charge in [-0.2, -0.15) is 0 Å². The molecule has 0 aromatic rings. The first-order chi connectivity index (χ1) is 10.7. The first-order valence-electron chi connectivity index (χ1n) is 7.56. The van der Waals surface area contributed by atoms with Crippen LogP contribution in [0.3, 0.4) is 0 Å². The van der Waals surface area contributed by atoms with E-state index in [9.17, 15) is 19.5 Å². The zero-order chi connectivity index (χ0) is 17.2. The molecule has 124 valence electrons. The van der Waals surface area contributed by atoms with Crippen molar-refractivity contribution in [3.63, 3.8) is 0 Å². The standard InChI is InChI=1S/C17H20O6/c1-8-9(7-11(19)22-4)17(3)10(18)5-6-16(2)14(17)13(12(8)20)23-15(16)21/h5-6,9,12-14,20H,1,7H2,2-4H3/t9?,12-,13-,14-,16+,17-/m0/s1. The van der Waals surface area contributed by atoms with E-state index in [1.165, 1.54) is 13.2 Å². The summed E-state index contributed by atoms with van der Waals surface area (Å²) in [6, 6.07) is 0. The summed E-state index contributed by atoms with van der Waals surface area (Å²) in [7, 11) is 1.27. The van der Waals surface area contributed by atoms with Crippen molar-refractivity contribution in [3.8, 4) is 0 Å². The number of carbonyl (C=O) groups is 3. The van der Waals surface area contributed by atoms with Crippen LogP contribution in [0.4, 0.5) is 0 Å². The van der Waals surface area contributed by atoms with Crippen molar-refractivity contribution in [1.82, 2.24) is 0 Å². The summed E-state index contributed by atoms with van der Waals surface area (Å²) in [5.41, 5.74) is -1.71. The molecule has 0 bridgehead atoms. The predicted molar refractivity (Wildman–Crippen MR) is 79.0 cm³/mol. The Labute approximate surface area is 134 Å². The molecule has 1 saturated carbocycles. The van der Waals surface area contributed by atoms with Crippen LogP contribution in [0.2, 0.25) is 0 Å². The first-order valence-corrected chi connectivity index (χ1v) is 7.56. The highest BCUT2D eigenvalue weighted by atomic mass is 16.6. The summed E-state index contributed by atoms with van der Waals surface area (Å²) in [5.74, 6) is -2.30. The maximum atomic E-state index is 12.7. The molecule has 3 rings (SSSR count). The van der Waals surface area contributed by atoms with Crippen molar-refractivity contribution < 1.29 is 29.0 Å². The lowest BCUT2D eigenvalue weighted by Crippen LogP contribution is -2.60. The molecule has 6 atom stereocenters. The summed E-state index contributed by atoms with van der Waals surface area (Å²) in [6.45, 7) is 7.30. The number of esters is 2. The van der Waals surface area contributed by atoms with Crippen LogP contribution in [-0.2, 0) is 23.9 Å². The molecule has 3 aliphatic rings. The van der Waals surface area contributed by atoms with Gasteiger partial charge in [0.2, 0.25) is 0 Å². The van der Waals surface area contributed by atoms with Crippen molar-refractivity contribution in [3.05, 3.63) is 24.3 Å². The molecule has 6 nitrogen and oxygen atoms in total. The van der Waals surface area contributed by atoms with Gasteiger partial charge in [-0.1, -0.05) is 19.6 Å². The highest BCUT2D eigenvalue weighted by Gasteiger charge is 2.70. The van der Waals surface area contributed by atoms with Gasteiger partial charge in [-0.05, 0) is 18.6 Å². The lowest BCUT2D eigenvalue weighted by Gasteiger charge is -2.53. The van der Waals surface area contributed by atoms with Crippen LogP contribution in [0.5, 0.6) is 0 Å². The molecular weight excluding hydrogens is 300 g/mol. The molecule has 0 radical (unpaired) electrons. The summed E-state index contributed by atoms with van der Waals surface area (Å²) in [4.78, 5) is 36.9. The highest BCUT2D eigenvalue weighted by molar-refractivity contribution is 6.00. The largest absolute Gasteiger partial charge is 0.469 e. The van der Waals surface area contributed by atoms with Gasteiger partial charge in [0.1, 0.15) is 12.2 Å². The molecule has 23 heavy (non-hydrogen) atoms. The summed E-state index contributed by atoms with van der Waals surface area (Å²) in [5, 5.41) is 10.5. The Morgan fingerprint density at radius 2 is 2.09 bits per heavy atom. The average Bonchev–Trinajstić information content (AvgIpc) is 2.79. The zero-order valence-electron chi connectivity index (χ0n) is 13.4. The molecule has 0 aromatic heterocycles. The summed E-state index contributed by atoms with van der Waals surface area (Å²) in [6.07, 6.45) is 0.937. The van der Waals surface area contributed by atoms with Gasteiger partial charge in [-0.15, -0.1) is 0 Å². The monoisotopic (exact) mass is 320 g/mol. The van der Waals surface area contributed by atoms with Gasteiger partial charge in [0.25, 0.3) is 0 Å². The van der Waals surface area contributed by atoms with E-state index in [0.717, 1.165) is 0 Å². The molecule has 0 spiro atoms. The quantitative estimate of drug-likeness (QED) is 0.597. The third kappa shape index (κ3) is 1.81. The topological polar surface area (TPSA) is 89.9 Å². The smallest absolute Gasteiger partial charge is 0.316 e. The van der Waals surface area contributed by atoms with E-state index in [-0.39, 0.29) is 12.2 Å². The number of aliphatic hydroxyl groups excluding tert-OH is 1. The van der Waals surface area contributed by atoms with Crippen molar-refractivity contribution in [2.45, 2.75) is 32.5 Å². The Bertz CT molecular complexity index is 649. The molecule has 1 heterocycles. The van der Waals surface area contributed by atoms with Gasteiger partial charge < -0.3 is 14.6 Å². The van der Waals surface area contributed by atoms with E-state index in [1.54, 1.807) is 19.9 Å². The number of methoxy groups -OCH3 is 1. The number of hydrogen-bond donors (Lipinski definition) is 1. The molecule has 1 N–H and O–H groups in total. The van der Waals surface area contributed by atoms with Crippen molar-refractivity contribution in [1.29, 1.82) is 0 Å². The van der Waals surface area contributed by atoms with Gasteiger partial charge >= 0.3 is 11.9 Å². The Kier molecular flexibility index (Phi) is 3.30. The molecular formula is C17H20O6. The third-order valence-electron chi connectivity index (χ3n) is 5.88. The predicted octanol–water partition coefficient (Wildman–Crippen LogP) is 0.789. The fraction of sp³-hybridized carbons (Fsp3) is 0.588. The fourth-order valence-corrected chi connectivity index (χ4v) is 4.53. The van der Waals surface area contributed by atoms with Crippen LogP contribution in [-0.4, -0.2) is 42.1 Å². The highest BCUT2D eigenvalue weighted by Crippen LogP contribution is 2.62. The van der Waals surface area contributed by atoms with Gasteiger partial charge in [-0.25, -0.2) is 0 Å². The van der Waals surface area contributed by atoms with Gasteiger partial charge in [0.05, 0.1) is 18.9 Å². The first kappa shape index (κ1) is 15.9. The molecule has 1 saturated heterocycles. The van der Waals surface area contributed by atoms with E-state index in [2.05, 4.69) is 6.58 Å². The van der Waals surface area contributed by atoms with Crippen molar-refractivity contribution in [2.24, 2.45) is 22.7 Å². The summed E-state index contributed by atoms with van der Waals surface area (Å²) < 4.78 is 10.1. The minimum absolute atomic E-state index is 0.0734. The van der Waals surface area contributed by atoms with Gasteiger partial charge in [0.15, 0.2) is 5.78 Å². The van der Waals surface area contributed by atoms with Crippen LogP contribution in [0, 0.1) is 22.7 Å². The zero-order valence-corrected chi connectivity index (χ0v) is 13.4. The number of ketones is 1. The molecule has 6 heteroatoms. The van der Waals surface area contributed by atoms with Crippen LogP contribution in [0.25, 0.3) is 0 Å². The van der Waals surface area contributed by atoms with Crippen LogP contribution in [0.15, 0.2) is 24.3 Å². The fourth-order valence-electron chi connectivity index (χ4n) is 4.53. The number of rotatable bonds is 2. The summed E-state index contributed by atoms with van der Waals surface area (Å²) >= 11 is 0. The number of ether oxygens (including phenoxy) is 2. The van der Waals surface area contributed by atoms with Crippen molar-refractivity contribution in [2.75, 3.05) is 7.11 Å². The number of hydrogen-bond acceptors (Lipinski definition) is 6. The molecule has 1 aliphatic heterocycles. The number of aliphatic hydroxyl groups is 1. The second-order valence-electron chi connectivity index (χ2n) is 6.96. The van der Waals surface area contributed by atoms with E-state index in [1.807, 2.05) is 0 Å². The molecule has 0 amide bonds. The Morgan fingerprint density at radius 3 is 2.70 bits per heavy atom. The van der Waals surface area contributed by atoms with Crippen LogP contribution < -0.4 is 0 Å². The second kappa shape index (κ2) is 4.77. The maximum Gasteiger partial charge on any atom is 0.316 e. The van der Waals surface area contributed by atoms with Crippen molar-refractivity contribution >= 4 is 17.7 Å². The Morgan fingerprint density at radius 1 is 1.43 bits per heavy atom. The maximum absolute atomic E-state index is 12.7. The van der Waals surface area contributed by atoms with Crippen LogP contribution >= 0.6 is 0 Å². The second-order valence-corrected chi connectivity index (χ2v) is 6.96. The third-order valence-corrected chi connectivity index (χ3v) is 5.88. The van der Waals surface area contributed by atoms with E-state index in [4.69, 9.17) is 9.47 Å². The van der Waals surface area contributed by atoms with E-state index >= 15 is 0 Å². The minimum Gasteiger partial charge on any atom is -0.469 e.